The van der Waals surface area contributed by atoms with Gasteiger partial charge in [-0.1, -0.05) is 24.3 Å². The topological polar surface area (TPSA) is 59.1 Å². The highest BCUT2D eigenvalue weighted by atomic mass is 19.1. The highest BCUT2D eigenvalue weighted by molar-refractivity contribution is 5.94. The molecule has 2 amide bonds. The third-order valence-corrected chi connectivity index (χ3v) is 6.36. The van der Waals surface area contributed by atoms with E-state index in [9.17, 15) is 14.0 Å². The third kappa shape index (κ3) is 5.46. The smallest absolute Gasteiger partial charge is 0.253 e. The molecular formula is C25H29FN2O4. The van der Waals surface area contributed by atoms with Gasteiger partial charge in [-0.05, 0) is 43.2 Å². The molecule has 2 aliphatic heterocycles. The Hall–Kier alpha value is -2.93. The Morgan fingerprint density at radius 2 is 1.66 bits per heavy atom. The normalized spacial score (nSPS) is 18.3. The SMILES string of the molecule is O=C(CC1(COc2ccccc2)CCN(C(=O)c2cccc(F)c2)CC1)N1CCOCC1. The number of piperidine rings is 1. The van der Waals surface area contributed by atoms with Gasteiger partial charge in [0.05, 0.1) is 19.8 Å². The van der Waals surface area contributed by atoms with Gasteiger partial charge in [-0.3, -0.25) is 9.59 Å². The van der Waals surface area contributed by atoms with Gasteiger partial charge < -0.3 is 19.3 Å². The number of para-hydroxylation sites is 1. The lowest BCUT2D eigenvalue weighted by molar-refractivity contribution is -0.139. The summed E-state index contributed by atoms with van der Waals surface area (Å²) < 4.78 is 25.0. The molecule has 0 spiro atoms. The maximum atomic E-state index is 13.6. The van der Waals surface area contributed by atoms with Crippen LogP contribution in [0.5, 0.6) is 5.75 Å². The molecule has 170 valence electrons. The van der Waals surface area contributed by atoms with Gasteiger partial charge in [0.2, 0.25) is 5.91 Å². The maximum absolute atomic E-state index is 13.6. The number of halogens is 1. The summed E-state index contributed by atoms with van der Waals surface area (Å²) in [6.07, 6.45) is 1.68. The van der Waals surface area contributed by atoms with Gasteiger partial charge in [-0.15, -0.1) is 0 Å². The molecular weight excluding hydrogens is 411 g/mol. The monoisotopic (exact) mass is 440 g/mol. The minimum absolute atomic E-state index is 0.106. The van der Waals surface area contributed by atoms with Crippen LogP contribution in [0.4, 0.5) is 4.39 Å². The number of ether oxygens (including phenoxy) is 2. The summed E-state index contributed by atoms with van der Waals surface area (Å²) in [5.41, 5.74) is -0.00772. The molecule has 2 aromatic carbocycles. The van der Waals surface area contributed by atoms with Crippen LogP contribution in [0, 0.1) is 11.2 Å². The first-order chi connectivity index (χ1) is 15.5. The number of amides is 2. The summed E-state index contributed by atoms with van der Waals surface area (Å²) in [6, 6.07) is 15.4. The first-order valence-electron chi connectivity index (χ1n) is 11.1. The second kappa shape index (κ2) is 10.1. The van der Waals surface area contributed by atoms with Gasteiger partial charge in [-0.2, -0.15) is 0 Å². The van der Waals surface area contributed by atoms with E-state index in [-0.39, 0.29) is 17.2 Å². The molecule has 2 aromatic rings. The highest BCUT2D eigenvalue weighted by Crippen LogP contribution is 2.37. The van der Waals surface area contributed by atoms with Crippen LogP contribution in [0.25, 0.3) is 0 Å². The Morgan fingerprint density at radius 1 is 0.938 bits per heavy atom. The van der Waals surface area contributed by atoms with Crippen molar-refractivity contribution < 1.29 is 23.5 Å². The number of likely N-dealkylation sites (tertiary alicyclic amines) is 1. The van der Waals surface area contributed by atoms with Crippen LogP contribution in [-0.4, -0.2) is 67.6 Å². The van der Waals surface area contributed by atoms with Gasteiger partial charge in [0.15, 0.2) is 0 Å². The van der Waals surface area contributed by atoms with Gasteiger partial charge in [-0.25, -0.2) is 4.39 Å². The summed E-state index contributed by atoms with van der Waals surface area (Å²) in [4.78, 5) is 29.5. The summed E-state index contributed by atoms with van der Waals surface area (Å²) >= 11 is 0. The molecule has 4 rings (SSSR count). The molecule has 0 aliphatic carbocycles. The average molecular weight is 441 g/mol. The largest absolute Gasteiger partial charge is 0.493 e. The number of nitrogens with zero attached hydrogens (tertiary/aromatic N) is 2. The van der Waals surface area contributed by atoms with Crippen molar-refractivity contribution in [3.8, 4) is 5.75 Å². The summed E-state index contributed by atoms with van der Waals surface area (Å²) in [6.45, 7) is 3.77. The lowest BCUT2D eigenvalue weighted by atomic mass is 9.75. The number of morpholine rings is 1. The first-order valence-corrected chi connectivity index (χ1v) is 11.1. The van der Waals surface area contributed by atoms with Gasteiger partial charge >= 0.3 is 0 Å². The lowest BCUT2D eigenvalue weighted by Crippen LogP contribution is -2.49. The zero-order valence-electron chi connectivity index (χ0n) is 18.2. The predicted molar refractivity (Wildman–Crippen MR) is 118 cm³/mol. The van der Waals surface area contributed by atoms with Crippen LogP contribution in [0.1, 0.15) is 29.6 Å². The molecule has 0 bridgehead atoms. The van der Waals surface area contributed by atoms with Crippen molar-refractivity contribution in [2.75, 3.05) is 46.0 Å². The fourth-order valence-corrected chi connectivity index (χ4v) is 4.36. The Balaban J connectivity index is 1.44. The molecule has 2 heterocycles. The predicted octanol–water partition coefficient (Wildman–Crippen LogP) is 3.38. The van der Waals surface area contributed by atoms with Crippen molar-refractivity contribution in [1.82, 2.24) is 9.80 Å². The molecule has 6 nitrogen and oxygen atoms in total. The maximum Gasteiger partial charge on any atom is 0.253 e. The Morgan fingerprint density at radius 3 is 2.34 bits per heavy atom. The molecule has 32 heavy (non-hydrogen) atoms. The number of rotatable bonds is 6. The Labute approximate surface area is 187 Å². The van der Waals surface area contributed by atoms with Crippen molar-refractivity contribution >= 4 is 11.8 Å². The lowest BCUT2D eigenvalue weighted by Gasteiger charge is -2.42. The summed E-state index contributed by atoms with van der Waals surface area (Å²) in [5, 5.41) is 0. The molecule has 0 atom stereocenters. The van der Waals surface area contributed by atoms with E-state index in [4.69, 9.17) is 9.47 Å². The Bertz CT molecular complexity index is 923. The summed E-state index contributed by atoms with van der Waals surface area (Å²) in [7, 11) is 0. The first kappa shape index (κ1) is 22.3. The minimum atomic E-state index is -0.422. The van der Waals surface area contributed by atoms with E-state index in [2.05, 4.69) is 0 Å². The number of hydrogen-bond acceptors (Lipinski definition) is 4. The molecule has 2 aliphatic rings. The van der Waals surface area contributed by atoms with E-state index in [1.165, 1.54) is 12.1 Å². The molecule has 0 aromatic heterocycles. The van der Waals surface area contributed by atoms with E-state index in [0.717, 1.165) is 5.75 Å². The average Bonchev–Trinajstić information content (AvgIpc) is 2.84. The molecule has 0 unspecified atom stereocenters. The highest BCUT2D eigenvalue weighted by Gasteiger charge is 2.40. The van der Waals surface area contributed by atoms with Crippen LogP contribution in [-0.2, 0) is 9.53 Å². The molecule has 2 fully saturated rings. The third-order valence-electron chi connectivity index (χ3n) is 6.36. The second-order valence-electron chi connectivity index (χ2n) is 8.57. The van der Waals surface area contributed by atoms with Crippen LogP contribution in [0.2, 0.25) is 0 Å². The number of carbonyl (C=O) groups excluding carboxylic acids is 2. The minimum Gasteiger partial charge on any atom is -0.493 e. The summed E-state index contributed by atoms with van der Waals surface area (Å²) in [5.74, 6) is 0.273. The zero-order valence-corrected chi connectivity index (χ0v) is 18.2. The van der Waals surface area contributed by atoms with Crippen LogP contribution in [0.15, 0.2) is 54.6 Å². The van der Waals surface area contributed by atoms with E-state index in [1.54, 1.807) is 17.0 Å². The zero-order chi connectivity index (χ0) is 22.4. The van der Waals surface area contributed by atoms with E-state index in [0.29, 0.717) is 70.8 Å². The van der Waals surface area contributed by atoms with E-state index >= 15 is 0 Å². The van der Waals surface area contributed by atoms with Crippen molar-refractivity contribution in [3.63, 3.8) is 0 Å². The van der Waals surface area contributed by atoms with Crippen molar-refractivity contribution in [2.24, 2.45) is 5.41 Å². The molecule has 0 N–H and O–H groups in total. The fourth-order valence-electron chi connectivity index (χ4n) is 4.36. The number of carbonyl (C=O) groups is 2. The quantitative estimate of drug-likeness (QED) is 0.691. The van der Waals surface area contributed by atoms with Crippen molar-refractivity contribution in [1.29, 1.82) is 0 Å². The van der Waals surface area contributed by atoms with Crippen LogP contribution >= 0.6 is 0 Å². The molecule has 0 saturated carbocycles. The van der Waals surface area contributed by atoms with E-state index in [1.807, 2.05) is 35.2 Å². The van der Waals surface area contributed by atoms with Crippen LogP contribution in [0.3, 0.4) is 0 Å². The number of benzene rings is 2. The molecule has 7 heteroatoms. The second-order valence-corrected chi connectivity index (χ2v) is 8.57. The fraction of sp³-hybridized carbons (Fsp3) is 0.440. The van der Waals surface area contributed by atoms with Gasteiger partial charge in [0.25, 0.3) is 5.91 Å². The Kier molecular flexibility index (Phi) is 7.05. The van der Waals surface area contributed by atoms with Crippen molar-refractivity contribution in [2.45, 2.75) is 19.3 Å². The molecule has 0 radical (unpaired) electrons. The van der Waals surface area contributed by atoms with Gasteiger partial charge in [0, 0.05) is 43.6 Å². The number of hydrogen-bond donors (Lipinski definition) is 0. The molecule has 2 saturated heterocycles. The van der Waals surface area contributed by atoms with Crippen LogP contribution < -0.4 is 4.74 Å². The van der Waals surface area contributed by atoms with E-state index < -0.39 is 5.82 Å². The van der Waals surface area contributed by atoms with Crippen molar-refractivity contribution in [3.05, 3.63) is 66.0 Å². The van der Waals surface area contributed by atoms with Gasteiger partial charge in [0.1, 0.15) is 11.6 Å². The standard InChI is InChI=1S/C25H29FN2O4/c26-21-6-4-5-20(17-21)24(30)28-11-9-25(10-12-28,19-32-22-7-2-1-3-8-22)18-23(29)27-13-15-31-16-14-27/h1-8,17H,9-16,18-19H2.